The number of hydrogen-bond acceptors (Lipinski definition) is 4. The van der Waals surface area contributed by atoms with E-state index in [1.165, 1.54) is 11.3 Å². The van der Waals surface area contributed by atoms with E-state index in [-0.39, 0.29) is 18.5 Å². The zero-order valence-corrected chi connectivity index (χ0v) is 9.58. The molecule has 6 heteroatoms. The van der Waals surface area contributed by atoms with E-state index in [1.54, 1.807) is 5.38 Å². The van der Waals surface area contributed by atoms with Gasteiger partial charge in [-0.25, -0.2) is 4.98 Å². The lowest BCUT2D eigenvalue weighted by molar-refractivity contribution is -0.119. The second-order valence-electron chi connectivity index (χ2n) is 3.06. The molecule has 4 nitrogen and oxygen atoms in total. The summed E-state index contributed by atoms with van der Waals surface area (Å²) in [5.41, 5.74) is 0. The SMILES string of the molecule is CC(C)NC(=O)CNc1csc(Cl)n1. The van der Waals surface area contributed by atoms with E-state index in [2.05, 4.69) is 15.6 Å². The quantitative estimate of drug-likeness (QED) is 0.833. The van der Waals surface area contributed by atoms with E-state index >= 15 is 0 Å². The van der Waals surface area contributed by atoms with Crippen LogP contribution < -0.4 is 10.6 Å². The van der Waals surface area contributed by atoms with Gasteiger partial charge in [0.25, 0.3) is 0 Å². The standard InChI is InChI=1S/C8H12ClN3OS/c1-5(2)11-7(13)3-10-6-4-14-8(9)12-6/h4-5,10H,3H2,1-2H3,(H,11,13). The number of amides is 1. The number of nitrogens with zero attached hydrogens (tertiary/aromatic N) is 1. The number of hydrogen-bond donors (Lipinski definition) is 2. The minimum absolute atomic E-state index is 0.0517. The van der Waals surface area contributed by atoms with Gasteiger partial charge in [0.1, 0.15) is 5.82 Å². The number of nitrogens with one attached hydrogen (secondary N) is 2. The van der Waals surface area contributed by atoms with E-state index in [4.69, 9.17) is 11.6 Å². The Labute approximate surface area is 91.7 Å². The van der Waals surface area contributed by atoms with Crippen molar-refractivity contribution < 1.29 is 4.79 Å². The maximum absolute atomic E-state index is 11.2. The summed E-state index contributed by atoms with van der Waals surface area (Å²) in [6.45, 7) is 4.05. The Kier molecular flexibility index (Phi) is 4.16. The summed E-state index contributed by atoms with van der Waals surface area (Å²) in [5, 5.41) is 7.40. The normalized spacial score (nSPS) is 10.3. The van der Waals surface area contributed by atoms with Gasteiger partial charge in [-0.2, -0.15) is 0 Å². The summed E-state index contributed by atoms with van der Waals surface area (Å²) in [6.07, 6.45) is 0. The lowest BCUT2D eigenvalue weighted by Crippen LogP contribution is -2.34. The molecular formula is C8H12ClN3OS. The molecular weight excluding hydrogens is 222 g/mol. The van der Waals surface area contributed by atoms with Crippen LogP contribution in [0.25, 0.3) is 0 Å². The van der Waals surface area contributed by atoms with Crippen molar-refractivity contribution >= 4 is 34.7 Å². The van der Waals surface area contributed by atoms with Gasteiger partial charge in [0.2, 0.25) is 5.91 Å². The van der Waals surface area contributed by atoms with Gasteiger partial charge in [-0.05, 0) is 13.8 Å². The smallest absolute Gasteiger partial charge is 0.239 e. The third-order valence-electron chi connectivity index (χ3n) is 1.36. The molecule has 0 saturated heterocycles. The molecule has 0 spiro atoms. The second-order valence-corrected chi connectivity index (χ2v) is 4.50. The molecule has 0 bridgehead atoms. The number of thiazole rings is 1. The average molecular weight is 234 g/mol. The van der Waals surface area contributed by atoms with Crippen molar-refractivity contribution in [2.24, 2.45) is 0 Å². The number of halogens is 1. The van der Waals surface area contributed by atoms with Crippen LogP contribution in [0.1, 0.15) is 13.8 Å². The van der Waals surface area contributed by atoms with Crippen LogP contribution in [-0.2, 0) is 4.79 Å². The van der Waals surface area contributed by atoms with Crippen LogP contribution in [0, 0.1) is 0 Å². The van der Waals surface area contributed by atoms with Crippen molar-refractivity contribution in [2.45, 2.75) is 19.9 Å². The van der Waals surface area contributed by atoms with E-state index < -0.39 is 0 Å². The van der Waals surface area contributed by atoms with Crippen molar-refractivity contribution in [3.05, 3.63) is 9.85 Å². The largest absolute Gasteiger partial charge is 0.360 e. The topological polar surface area (TPSA) is 54.0 Å². The molecule has 0 aromatic carbocycles. The fraction of sp³-hybridized carbons (Fsp3) is 0.500. The van der Waals surface area contributed by atoms with E-state index in [9.17, 15) is 4.79 Å². The summed E-state index contributed by atoms with van der Waals surface area (Å²) in [6, 6.07) is 0.156. The van der Waals surface area contributed by atoms with E-state index in [1.807, 2.05) is 13.8 Å². The Hall–Kier alpha value is -0.810. The first-order valence-corrected chi connectivity index (χ1v) is 5.48. The molecule has 0 fully saturated rings. The summed E-state index contributed by atoms with van der Waals surface area (Å²) in [7, 11) is 0. The Morgan fingerprint density at radius 1 is 1.71 bits per heavy atom. The van der Waals surface area contributed by atoms with Crippen molar-refractivity contribution in [3.8, 4) is 0 Å². The van der Waals surface area contributed by atoms with Gasteiger partial charge in [0, 0.05) is 11.4 Å². The van der Waals surface area contributed by atoms with Crippen LogP contribution in [0.2, 0.25) is 4.47 Å². The van der Waals surface area contributed by atoms with Crippen LogP contribution in [0.5, 0.6) is 0 Å². The van der Waals surface area contributed by atoms with Crippen LogP contribution >= 0.6 is 22.9 Å². The highest BCUT2D eigenvalue weighted by Crippen LogP contribution is 2.18. The molecule has 2 N–H and O–H groups in total. The fourth-order valence-electron chi connectivity index (χ4n) is 0.877. The van der Waals surface area contributed by atoms with Crippen LogP contribution in [0.4, 0.5) is 5.82 Å². The molecule has 0 aliphatic carbocycles. The summed E-state index contributed by atoms with van der Waals surface area (Å²) < 4.78 is 0.469. The van der Waals surface area contributed by atoms with Crippen molar-refractivity contribution in [1.82, 2.24) is 10.3 Å². The molecule has 1 amide bonds. The second kappa shape index (κ2) is 5.17. The third kappa shape index (κ3) is 3.93. The van der Waals surface area contributed by atoms with Gasteiger partial charge in [-0.1, -0.05) is 11.6 Å². The first-order chi connectivity index (χ1) is 6.58. The van der Waals surface area contributed by atoms with Crippen molar-refractivity contribution in [1.29, 1.82) is 0 Å². The minimum Gasteiger partial charge on any atom is -0.360 e. The van der Waals surface area contributed by atoms with E-state index in [0.717, 1.165) is 0 Å². The molecule has 1 rings (SSSR count). The minimum atomic E-state index is -0.0517. The van der Waals surface area contributed by atoms with Gasteiger partial charge < -0.3 is 10.6 Å². The lowest BCUT2D eigenvalue weighted by Gasteiger charge is -2.08. The van der Waals surface area contributed by atoms with Gasteiger partial charge in [0.05, 0.1) is 6.54 Å². The molecule has 0 unspecified atom stereocenters. The summed E-state index contributed by atoms with van der Waals surface area (Å²) >= 11 is 6.96. The molecule has 1 aromatic rings. The molecule has 0 atom stereocenters. The highest BCUT2D eigenvalue weighted by Gasteiger charge is 2.04. The Morgan fingerprint density at radius 2 is 2.43 bits per heavy atom. The first-order valence-electron chi connectivity index (χ1n) is 4.22. The highest BCUT2D eigenvalue weighted by atomic mass is 35.5. The lowest BCUT2D eigenvalue weighted by atomic mass is 10.4. The van der Waals surface area contributed by atoms with Gasteiger partial charge in [-0.15, -0.1) is 11.3 Å². The van der Waals surface area contributed by atoms with Crippen LogP contribution in [0.15, 0.2) is 5.38 Å². The maximum Gasteiger partial charge on any atom is 0.239 e. The summed E-state index contributed by atoms with van der Waals surface area (Å²) in [4.78, 5) is 15.2. The number of aromatic nitrogens is 1. The van der Waals surface area contributed by atoms with Gasteiger partial charge >= 0.3 is 0 Å². The number of carbonyl (C=O) groups excluding carboxylic acids is 1. The monoisotopic (exact) mass is 233 g/mol. The average Bonchev–Trinajstić information content (AvgIpc) is 2.47. The third-order valence-corrected chi connectivity index (χ3v) is 2.33. The predicted molar refractivity (Wildman–Crippen MR) is 58.9 cm³/mol. The maximum atomic E-state index is 11.2. The highest BCUT2D eigenvalue weighted by molar-refractivity contribution is 7.14. The summed E-state index contributed by atoms with van der Waals surface area (Å²) in [5.74, 6) is 0.586. The molecule has 1 heterocycles. The predicted octanol–water partition coefficient (Wildman–Crippen LogP) is 1.73. The molecule has 0 aliphatic rings. The molecule has 0 radical (unpaired) electrons. The van der Waals surface area contributed by atoms with Gasteiger partial charge in [0.15, 0.2) is 4.47 Å². The van der Waals surface area contributed by atoms with Crippen LogP contribution in [-0.4, -0.2) is 23.5 Å². The molecule has 1 aromatic heterocycles. The zero-order valence-electron chi connectivity index (χ0n) is 8.00. The first kappa shape index (κ1) is 11.3. The van der Waals surface area contributed by atoms with Crippen molar-refractivity contribution in [2.75, 3.05) is 11.9 Å². The molecule has 78 valence electrons. The van der Waals surface area contributed by atoms with Crippen molar-refractivity contribution in [3.63, 3.8) is 0 Å². The fourth-order valence-corrected chi connectivity index (χ4v) is 1.60. The molecule has 14 heavy (non-hydrogen) atoms. The number of rotatable bonds is 4. The zero-order chi connectivity index (χ0) is 10.6. The molecule has 0 saturated carbocycles. The number of carbonyl (C=O) groups is 1. The van der Waals surface area contributed by atoms with E-state index in [0.29, 0.717) is 10.3 Å². The van der Waals surface area contributed by atoms with Crippen LogP contribution in [0.3, 0.4) is 0 Å². The van der Waals surface area contributed by atoms with Gasteiger partial charge in [-0.3, -0.25) is 4.79 Å². The Bertz CT molecular complexity index is 313. The Morgan fingerprint density at radius 3 is 2.93 bits per heavy atom. The Balaban J connectivity index is 2.30. The molecule has 0 aliphatic heterocycles. The number of anilines is 1.